The Morgan fingerprint density at radius 3 is 2.46 bits per heavy atom. The van der Waals surface area contributed by atoms with Crippen LogP contribution in [0.1, 0.15) is 17.3 Å². The normalized spacial score (nSPS) is 11.5. The number of carbonyl (C=O) groups excluding carboxylic acids is 2. The van der Waals surface area contributed by atoms with Crippen molar-refractivity contribution in [2.75, 3.05) is 0 Å². The fraction of sp³-hybridized carbons (Fsp3) is 0.125. The van der Waals surface area contributed by atoms with E-state index in [2.05, 4.69) is 0 Å². The number of primary amides is 1. The summed E-state index contributed by atoms with van der Waals surface area (Å²) in [4.78, 5) is 34.8. The number of hydrogen-bond acceptors (Lipinski definition) is 6. The van der Waals surface area contributed by atoms with E-state index in [0.29, 0.717) is 4.90 Å². The van der Waals surface area contributed by atoms with Crippen molar-refractivity contribution in [2.45, 2.75) is 22.8 Å². The molecule has 2 N–H and O–H groups in total. The smallest absolute Gasteiger partial charge is 0.339 e. The lowest BCUT2D eigenvalue weighted by Gasteiger charge is -2.10. The summed E-state index contributed by atoms with van der Waals surface area (Å²) in [6, 6.07) is 13.2. The molecule has 0 aromatic heterocycles. The number of benzene rings is 2. The topological polar surface area (TPSA) is 113 Å². The lowest BCUT2D eigenvalue weighted by Crippen LogP contribution is -2.30. The van der Waals surface area contributed by atoms with E-state index < -0.39 is 22.9 Å². The predicted molar refractivity (Wildman–Crippen MR) is 87.7 cm³/mol. The maximum atomic E-state index is 11.9. The molecule has 0 aliphatic carbocycles. The second-order valence-corrected chi connectivity index (χ2v) is 5.92. The van der Waals surface area contributed by atoms with Gasteiger partial charge in [0.15, 0.2) is 6.10 Å². The van der Waals surface area contributed by atoms with Crippen LogP contribution in [0.3, 0.4) is 0 Å². The number of ether oxygens (including phenoxy) is 1. The number of nitrogens with two attached hydrogens (primary N) is 1. The Hall–Kier alpha value is -2.87. The van der Waals surface area contributed by atoms with Crippen LogP contribution in [0.4, 0.5) is 5.69 Å². The van der Waals surface area contributed by atoms with Gasteiger partial charge in [-0.25, -0.2) is 4.79 Å². The van der Waals surface area contributed by atoms with Crippen molar-refractivity contribution in [3.63, 3.8) is 0 Å². The van der Waals surface area contributed by atoms with Crippen LogP contribution in [-0.2, 0) is 9.53 Å². The van der Waals surface area contributed by atoms with Crippen LogP contribution in [-0.4, -0.2) is 22.9 Å². The number of hydrogen-bond donors (Lipinski definition) is 1. The molecule has 2 aromatic rings. The highest BCUT2D eigenvalue weighted by Gasteiger charge is 2.21. The van der Waals surface area contributed by atoms with Gasteiger partial charge in [0.2, 0.25) is 0 Å². The van der Waals surface area contributed by atoms with E-state index in [4.69, 9.17) is 10.5 Å². The number of amides is 1. The molecule has 0 fully saturated rings. The molecule has 1 unspecified atom stereocenters. The number of rotatable bonds is 6. The molecule has 0 aliphatic rings. The van der Waals surface area contributed by atoms with Gasteiger partial charge >= 0.3 is 5.97 Å². The molecule has 0 saturated carbocycles. The van der Waals surface area contributed by atoms with Gasteiger partial charge in [0.05, 0.1) is 15.4 Å². The predicted octanol–water partition coefficient (Wildman–Crippen LogP) is 2.78. The van der Waals surface area contributed by atoms with E-state index in [9.17, 15) is 19.7 Å². The Morgan fingerprint density at radius 1 is 1.21 bits per heavy atom. The van der Waals surface area contributed by atoms with Gasteiger partial charge in [0.1, 0.15) is 0 Å². The monoisotopic (exact) mass is 346 g/mol. The van der Waals surface area contributed by atoms with Gasteiger partial charge in [-0.2, -0.15) is 0 Å². The second-order valence-electron chi connectivity index (χ2n) is 4.80. The lowest BCUT2D eigenvalue weighted by molar-refractivity contribution is -0.387. The zero-order valence-corrected chi connectivity index (χ0v) is 13.5. The highest BCUT2D eigenvalue weighted by Crippen LogP contribution is 2.35. The van der Waals surface area contributed by atoms with Crippen molar-refractivity contribution < 1.29 is 19.2 Å². The zero-order valence-electron chi connectivity index (χ0n) is 12.7. The molecule has 1 amide bonds. The number of nitro groups is 1. The first-order valence-electron chi connectivity index (χ1n) is 6.90. The maximum Gasteiger partial charge on any atom is 0.339 e. The van der Waals surface area contributed by atoms with Crippen LogP contribution in [0.5, 0.6) is 0 Å². The fourth-order valence-corrected chi connectivity index (χ4v) is 2.70. The van der Waals surface area contributed by atoms with Gasteiger partial charge in [-0.05, 0) is 31.2 Å². The molecule has 0 aliphatic heterocycles. The molecule has 124 valence electrons. The molecule has 2 aromatic carbocycles. The summed E-state index contributed by atoms with van der Waals surface area (Å²) in [5.74, 6) is -1.64. The van der Waals surface area contributed by atoms with Crippen molar-refractivity contribution in [3.8, 4) is 0 Å². The minimum Gasteiger partial charge on any atom is -0.449 e. The van der Waals surface area contributed by atoms with E-state index in [1.54, 1.807) is 0 Å². The molecule has 1 atom stereocenters. The first-order chi connectivity index (χ1) is 11.4. The van der Waals surface area contributed by atoms with Crippen molar-refractivity contribution >= 4 is 29.3 Å². The average molecular weight is 346 g/mol. The van der Waals surface area contributed by atoms with Crippen LogP contribution < -0.4 is 5.73 Å². The third-order valence-electron chi connectivity index (χ3n) is 3.05. The summed E-state index contributed by atoms with van der Waals surface area (Å²) < 4.78 is 4.85. The summed E-state index contributed by atoms with van der Waals surface area (Å²) >= 11 is 1.21. The average Bonchev–Trinajstić information content (AvgIpc) is 2.55. The standard InChI is InChI=1S/C16H14N2O5S/c1-10(15(17)19)23-16(20)11-7-8-14(13(9-11)18(21)22)24-12-5-3-2-4-6-12/h2-10H,1H3,(H2,17,19). The van der Waals surface area contributed by atoms with E-state index in [0.717, 1.165) is 11.0 Å². The highest BCUT2D eigenvalue weighted by atomic mass is 32.2. The van der Waals surface area contributed by atoms with Gasteiger partial charge < -0.3 is 10.5 Å². The molecule has 2 rings (SSSR count). The molecule has 0 bridgehead atoms. The molecule has 0 saturated heterocycles. The first-order valence-corrected chi connectivity index (χ1v) is 7.71. The molecule has 0 heterocycles. The largest absolute Gasteiger partial charge is 0.449 e. The SMILES string of the molecule is CC(OC(=O)c1ccc(Sc2ccccc2)c([N+](=O)[O-])c1)C(N)=O. The first kappa shape index (κ1) is 17.5. The van der Waals surface area contributed by atoms with Crippen molar-refractivity contribution in [1.29, 1.82) is 0 Å². The van der Waals surface area contributed by atoms with E-state index >= 15 is 0 Å². The van der Waals surface area contributed by atoms with Crippen molar-refractivity contribution in [2.24, 2.45) is 5.73 Å². The summed E-state index contributed by atoms with van der Waals surface area (Å²) in [6.45, 7) is 1.33. The quantitative estimate of drug-likeness (QED) is 0.489. The number of esters is 1. The van der Waals surface area contributed by atoms with Crippen LogP contribution in [0, 0.1) is 10.1 Å². The second kappa shape index (κ2) is 7.60. The van der Waals surface area contributed by atoms with Crippen LogP contribution >= 0.6 is 11.8 Å². The lowest BCUT2D eigenvalue weighted by atomic mass is 10.2. The molecule has 7 nitrogen and oxygen atoms in total. The number of nitro benzene ring substituents is 1. The molecule has 0 radical (unpaired) electrons. The Bertz CT molecular complexity index is 779. The van der Waals surface area contributed by atoms with Crippen molar-refractivity contribution in [1.82, 2.24) is 0 Å². The Balaban J connectivity index is 2.28. The molecule has 8 heteroatoms. The molecule has 24 heavy (non-hydrogen) atoms. The maximum absolute atomic E-state index is 11.9. The molecular formula is C16H14N2O5S. The van der Waals surface area contributed by atoms with Gasteiger partial charge in [-0.15, -0.1) is 0 Å². The van der Waals surface area contributed by atoms with Gasteiger partial charge in [0.25, 0.3) is 11.6 Å². The van der Waals surface area contributed by atoms with Crippen LogP contribution in [0.2, 0.25) is 0 Å². The summed E-state index contributed by atoms with van der Waals surface area (Å²) in [5.41, 5.74) is 4.78. The van der Waals surface area contributed by atoms with Crippen LogP contribution in [0.25, 0.3) is 0 Å². The Kier molecular flexibility index (Phi) is 5.54. The molecular weight excluding hydrogens is 332 g/mol. The minimum atomic E-state index is -1.12. The fourth-order valence-electron chi connectivity index (χ4n) is 1.78. The Morgan fingerprint density at radius 2 is 1.88 bits per heavy atom. The van der Waals surface area contributed by atoms with Gasteiger partial charge in [-0.3, -0.25) is 14.9 Å². The summed E-state index contributed by atoms with van der Waals surface area (Å²) in [6.07, 6.45) is -1.12. The van der Waals surface area contributed by atoms with Gasteiger partial charge in [0, 0.05) is 11.0 Å². The van der Waals surface area contributed by atoms with E-state index in [1.807, 2.05) is 30.3 Å². The van der Waals surface area contributed by atoms with E-state index in [-0.39, 0.29) is 11.3 Å². The zero-order chi connectivity index (χ0) is 17.7. The molecule has 0 spiro atoms. The van der Waals surface area contributed by atoms with Crippen LogP contribution in [0.15, 0.2) is 58.3 Å². The third kappa shape index (κ3) is 4.32. The third-order valence-corrected chi connectivity index (χ3v) is 4.12. The summed E-state index contributed by atoms with van der Waals surface area (Å²) in [5, 5.41) is 11.3. The number of carbonyl (C=O) groups is 2. The Labute approximate surface area is 142 Å². The van der Waals surface area contributed by atoms with E-state index in [1.165, 1.54) is 30.8 Å². The van der Waals surface area contributed by atoms with Crippen molar-refractivity contribution in [3.05, 3.63) is 64.2 Å². The number of nitrogens with zero attached hydrogens (tertiary/aromatic N) is 1. The minimum absolute atomic E-state index is 0.0211. The summed E-state index contributed by atoms with van der Waals surface area (Å²) in [7, 11) is 0. The van der Waals surface area contributed by atoms with Gasteiger partial charge in [-0.1, -0.05) is 30.0 Å². The highest BCUT2D eigenvalue weighted by molar-refractivity contribution is 7.99.